The van der Waals surface area contributed by atoms with E-state index >= 15 is 0 Å². The SMILES string of the molecule is COc1ccccc1N1C(=O)/C(=C/c2cc(C)n(-c3ccc(C)c([N+](=O)[O-])c3)c2C)C(=O)NC1=S. The summed E-state index contributed by atoms with van der Waals surface area (Å²) in [5, 5.41) is 13.9. The summed E-state index contributed by atoms with van der Waals surface area (Å²) in [6.07, 6.45) is 1.50. The number of hydrogen-bond acceptors (Lipinski definition) is 6. The molecule has 178 valence electrons. The number of nitrogens with one attached hydrogen (secondary N) is 1. The van der Waals surface area contributed by atoms with Crippen LogP contribution >= 0.6 is 12.2 Å². The third-order valence-electron chi connectivity index (χ3n) is 5.85. The number of benzene rings is 2. The zero-order chi connectivity index (χ0) is 25.4. The third-order valence-corrected chi connectivity index (χ3v) is 6.13. The summed E-state index contributed by atoms with van der Waals surface area (Å²) in [5.74, 6) is -0.765. The Morgan fingerprint density at radius 1 is 1.09 bits per heavy atom. The number of rotatable bonds is 5. The lowest BCUT2D eigenvalue weighted by molar-refractivity contribution is -0.385. The van der Waals surface area contributed by atoms with E-state index in [4.69, 9.17) is 17.0 Å². The van der Waals surface area contributed by atoms with Crippen molar-refractivity contribution in [2.75, 3.05) is 12.0 Å². The molecule has 2 aromatic carbocycles. The van der Waals surface area contributed by atoms with E-state index in [0.29, 0.717) is 33.9 Å². The van der Waals surface area contributed by atoms with Gasteiger partial charge in [0.1, 0.15) is 11.3 Å². The van der Waals surface area contributed by atoms with Crippen molar-refractivity contribution in [2.45, 2.75) is 20.8 Å². The van der Waals surface area contributed by atoms with Gasteiger partial charge in [-0.25, -0.2) is 4.90 Å². The van der Waals surface area contributed by atoms with Gasteiger partial charge in [0, 0.05) is 23.0 Å². The van der Waals surface area contributed by atoms with Crippen molar-refractivity contribution >= 4 is 46.6 Å². The summed E-state index contributed by atoms with van der Waals surface area (Å²) < 4.78 is 7.20. The molecule has 2 amide bonds. The first-order valence-electron chi connectivity index (χ1n) is 10.6. The van der Waals surface area contributed by atoms with E-state index in [0.717, 1.165) is 5.69 Å². The molecule has 0 spiro atoms. The first-order valence-corrected chi connectivity index (χ1v) is 11.0. The van der Waals surface area contributed by atoms with Crippen LogP contribution in [0.2, 0.25) is 0 Å². The van der Waals surface area contributed by atoms with Gasteiger partial charge in [0.2, 0.25) is 0 Å². The van der Waals surface area contributed by atoms with Crippen molar-refractivity contribution in [1.82, 2.24) is 9.88 Å². The highest BCUT2D eigenvalue weighted by atomic mass is 32.1. The van der Waals surface area contributed by atoms with Gasteiger partial charge in [-0.1, -0.05) is 18.2 Å². The van der Waals surface area contributed by atoms with Crippen LogP contribution in [-0.4, -0.2) is 33.5 Å². The number of nitrogens with zero attached hydrogens (tertiary/aromatic N) is 3. The van der Waals surface area contributed by atoms with Crippen LogP contribution in [0.4, 0.5) is 11.4 Å². The second-order valence-corrected chi connectivity index (χ2v) is 8.41. The Morgan fingerprint density at radius 3 is 2.49 bits per heavy atom. The second-order valence-electron chi connectivity index (χ2n) is 8.02. The molecule has 1 aromatic heterocycles. The molecule has 1 aliphatic rings. The predicted molar refractivity (Wildman–Crippen MR) is 136 cm³/mol. The first-order chi connectivity index (χ1) is 16.6. The highest BCUT2D eigenvalue weighted by molar-refractivity contribution is 7.80. The van der Waals surface area contributed by atoms with Gasteiger partial charge in [0.25, 0.3) is 17.5 Å². The molecular weight excluding hydrogens is 468 g/mol. The number of aromatic nitrogens is 1. The molecule has 1 fully saturated rings. The number of carbonyl (C=O) groups is 2. The Kier molecular flexibility index (Phi) is 6.23. The lowest BCUT2D eigenvalue weighted by Crippen LogP contribution is -2.54. The van der Waals surface area contributed by atoms with E-state index in [9.17, 15) is 19.7 Å². The van der Waals surface area contributed by atoms with E-state index in [-0.39, 0.29) is 16.4 Å². The van der Waals surface area contributed by atoms with Crippen molar-refractivity contribution in [3.63, 3.8) is 0 Å². The average Bonchev–Trinajstić information content (AvgIpc) is 3.09. The molecule has 1 aliphatic heterocycles. The number of methoxy groups -OCH3 is 1. The maximum atomic E-state index is 13.4. The lowest BCUT2D eigenvalue weighted by atomic mass is 10.1. The van der Waals surface area contributed by atoms with Gasteiger partial charge < -0.3 is 9.30 Å². The molecule has 0 atom stereocenters. The Bertz CT molecular complexity index is 1440. The minimum Gasteiger partial charge on any atom is -0.495 e. The molecule has 0 unspecified atom stereocenters. The zero-order valence-electron chi connectivity index (χ0n) is 19.5. The van der Waals surface area contributed by atoms with E-state index in [1.54, 1.807) is 43.3 Å². The minimum absolute atomic E-state index is 0.0118. The van der Waals surface area contributed by atoms with Crippen LogP contribution in [0.15, 0.2) is 54.1 Å². The van der Waals surface area contributed by atoms with Gasteiger partial charge in [-0.05, 0) is 68.9 Å². The van der Waals surface area contributed by atoms with Crippen molar-refractivity contribution in [3.05, 3.63) is 86.7 Å². The van der Waals surface area contributed by atoms with Gasteiger partial charge in [-0.2, -0.15) is 0 Å². The first kappa shape index (κ1) is 23.8. The van der Waals surface area contributed by atoms with Crippen LogP contribution in [0.5, 0.6) is 5.75 Å². The van der Waals surface area contributed by atoms with Gasteiger partial charge in [0.15, 0.2) is 5.11 Å². The molecular formula is C25H22N4O5S. The van der Waals surface area contributed by atoms with Crippen LogP contribution in [0.1, 0.15) is 22.5 Å². The van der Waals surface area contributed by atoms with Crippen molar-refractivity contribution in [1.29, 1.82) is 0 Å². The Balaban J connectivity index is 1.79. The molecule has 10 heteroatoms. The number of nitro groups is 1. The molecule has 9 nitrogen and oxygen atoms in total. The number of hydrogen-bond donors (Lipinski definition) is 1. The summed E-state index contributed by atoms with van der Waals surface area (Å²) in [6.45, 7) is 5.34. The predicted octanol–water partition coefficient (Wildman–Crippen LogP) is 4.15. The molecule has 3 aromatic rings. The number of ether oxygens (including phenoxy) is 1. The van der Waals surface area contributed by atoms with Crippen LogP contribution < -0.4 is 15.0 Å². The molecule has 0 radical (unpaired) electrons. The number of anilines is 1. The number of thiocarbonyl (C=S) groups is 1. The maximum Gasteiger partial charge on any atom is 0.274 e. The van der Waals surface area contributed by atoms with Crippen LogP contribution in [-0.2, 0) is 9.59 Å². The van der Waals surface area contributed by atoms with Crippen molar-refractivity contribution in [2.24, 2.45) is 0 Å². The topological polar surface area (TPSA) is 107 Å². The fraction of sp³-hybridized carbons (Fsp3) is 0.160. The number of amides is 2. The van der Waals surface area contributed by atoms with Gasteiger partial charge >= 0.3 is 0 Å². The molecule has 1 N–H and O–H groups in total. The van der Waals surface area contributed by atoms with Gasteiger partial charge in [-0.15, -0.1) is 0 Å². The Labute approximate surface area is 206 Å². The molecule has 0 aliphatic carbocycles. The van der Waals surface area contributed by atoms with Gasteiger partial charge in [0.05, 0.1) is 23.4 Å². The zero-order valence-corrected chi connectivity index (χ0v) is 20.3. The van der Waals surface area contributed by atoms with Gasteiger partial charge in [-0.3, -0.25) is 25.0 Å². The number of para-hydroxylation sites is 2. The number of nitro benzene ring substituents is 1. The average molecular weight is 491 g/mol. The lowest BCUT2D eigenvalue weighted by Gasteiger charge is -2.29. The van der Waals surface area contributed by atoms with Crippen molar-refractivity contribution < 1.29 is 19.2 Å². The largest absolute Gasteiger partial charge is 0.495 e. The normalized spacial score (nSPS) is 14.9. The van der Waals surface area contributed by atoms with Crippen LogP contribution in [0, 0.1) is 30.9 Å². The molecule has 1 saturated heterocycles. The Hall–Kier alpha value is -4.31. The highest BCUT2D eigenvalue weighted by Crippen LogP contribution is 2.32. The standard InChI is InChI=1S/C25H22N4O5S/c1-14-9-10-18(13-21(14)29(32)33)27-15(2)11-17(16(27)3)12-19-23(30)26-25(35)28(24(19)31)20-7-5-6-8-22(20)34-4/h5-13H,1-4H3,(H,26,30,35)/b19-12+. The van der Waals surface area contributed by atoms with Crippen LogP contribution in [0.25, 0.3) is 11.8 Å². The summed E-state index contributed by atoms with van der Waals surface area (Å²) in [5.41, 5.74) is 3.61. The molecule has 0 saturated carbocycles. The van der Waals surface area contributed by atoms with E-state index in [1.807, 2.05) is 24.5 Å². The van der Waals surface area contributed by atoms with E-state index in [2.05, 4.69) is 5.32 Å². The minimum atomic E-state index is -0.609. The maximum absolute atomic E-state index is 13.4. The van der Waals surface area contributed by atoms with Crippen LogP contribution in [0.3, 0.4) is 0 Å². The Morgan fingerprint density at radius 2 is 1.80 bits per heavy atom. The van der Waals surface area contributed by atoms with E-state index < -0.39 is 16.7 Å². The monoisotopic (exact) mass is 490 g/mol. The third kappa shape index (κ3) is 4.19. The molecule has 2 heterocycles. The molecule has 0 bridgehead atoms. The fourth-order valence-corrected chi connectivity index (χ4v) is 4.38. The molecule has 4 rings (SSSR count). The van der Waals surface area contributed by atoms with Crippen molar-refractivity contribution in [3.8, 4) is 11.4 Å². The quantitative estimate of drug-likeness (QED) is 0.189. The summed E-state index contributed by atoms with van der Waals surface area (Å²) in [4.78, 5) is 38.4. The summed E-state index contributed by atoms with van der Waals surface area (Å²) >= 11 is 5.28. The number of aryl methyl sites for hydroxylation is 2. The smallest absolute Gasteiger partial charge is 0.274 e. The van der Waals surface area contributed by atoms with E-state index in [1.165, 1.54) is 24.2 Å². The summed E-state index contributed by atoms with van der Waals surface area (Å²) in [7, 11) is 1.48. The fourth-order valence-electron chi connectivity index (χ4n) is 4.11. The summed E-state index contributed by atoms with van der Waals surface area (Å²) in [6, 6.07) is 13.7. The molecule has 35 heavy (non-hydrogen) atoms. The number of carbonyl (C=O) groups excluding carboxylic acids is 2. The highest BCUT2D eigenvalue weighted by Gasteiger charge is 2.36. The second kappa shape index (κ2) is 9.15.